The van der Waals surface area contributed by atoms with Gasteiger partial charge in [-0.15, -0.1) is 0 Å². The van der Waals surface area contributed by atoms with Gasteiger partial charge in [0.05, 0.1) is 46.4 Å². The Morgan fingerprint density at radius 2 is 1.95 bits per heavy atom. The van der Waals surface area contributed by atoms with E-state index in [1.165, 1.54) is 29.9 Å². The summed E-state index contributed by atoms with van der Waals surface area (Å²) in [5.41, 5.74) is 1.21. The van der Waals surface area contributed by atoms with E-state index in [0.717, 1.165) is 23.3 Å². The van der Waals surface area contributed by atoms with E-state index in [9.17, 15) is 19.7 Å². The first-order valence-corrected chi connectivity index (χ1v) is 13.3. The third-order valence-corrected chi connectivity index (χ3v) is 7.20. The second-order valence-electron chi connectivity index (χ2n) is 8.78. The number of nitro benzene ring substituents is 1. The lowest BCUT2D eigenvalue weighted by molar-refractivity contribution is -0.385. The van der Waals surface area contributed by atoms with Crippen molar-refractivity contribution in [3.05, 3.63) is 89.0 Å². The minimum absolute atomic E-state index is 0.178. The highest BCUT2D eigenvalue weighted by Gasteiger charge is 2.29. The van der Waals surface area contributed by atoms with E-state index in [1.807, 2.05) is 37.3 Å². The molecule has 0 spiro atoms. The second-order valence-corrected chi connectivity index (χ2v) is 9.79. The number of hydrogen-bond donors (Lipinski definition) is 0. The molecule has 2 heterocycles. The molecule has 0 N–H and O–H groups in total. The Morgan fingerprint density at radius 1 is 1.21 bits per heavy atom. The average Bonchev–Trinajstić information content (AvgIpc) is 3.23. The van der Waals surface area contributed by atoms with Crippen molar-refractivity contribution >= 4 is 34.8 Å². The van der Waals surface area contributed by atoms with E-state index in [4.69, 9.17) is 14.2 Å². The quantitative estimate of drug-likeness (QED) is 0.213. The summed E-state index contributed by atoms with van der Waals surface area (Å²) in [6.07, 6.45) is 2.84. The van der Waals surface area contributed by atoms with Crippen molar-refractivity contribution in [2.24, 2.45) is 4.99 Å². The number of methoxy groups -OCH3 is 1. The summed E-state index contributed by atoms with van der Waals surface area (Å²) in [6.45, 7) is 5.80. The molecule has 1 aliphatic rings. The van der Waals surface area contributed by atoms with Crippen LogP contribution in [-0.2, 0) is 16.1 Å². The van der Waals surface area contributed by atoms with Crippen molar-refractivity contribution in [3.63, 3.8) is 0 Å². The van der Waals surface area contributed by atoms with Gasteiger partial charge in [-0.1, -0.05) is 55.0 Å². The summed E-state index contributed by atoms with van der Waals surface area (Å²) >= 11 is 1.11. The number of benzene rings is 2. The molecule has 2 aromatic carbocycles. The number of allylic oxidation sites excluding steroid dienone is 1. The molecule has 204 valence electrons. The first-order valence-electron chi connectivity index (χ1n) is 12.5. The van der Waals surface area contributed by atoms with Crippen LogP contribution in [0.4, 0.5) is 5.69 Å². The SMILES string of the molecule is CCC[C@@H]1N=c2s/c(=C\c3cc(OC)c(OCc4ccccc4)cc3[N+](=O)[O-])c(=O)n2C(C)=C1C(=O)OCC. The molecule has 4 rings (SSSR count). The summed E-state index contributed by atoms with van der Waals surface area (Å²) in [5, 5.41) is 12.0. The van der Waals surface area contributed by atoms with Crippen molar-refractivity contribution in [3.8, 4) is 11.5 Å². The maximum absolute atomic E-state index is 13.5. The van der Waals surface area contributed by atoms with Gasteiger partial charge in [0.1, 0.15) is 6.61 Å². The molecule has 0 radical (unpaired) electrons. The maximum Gasteiger partial charge on any atom is 0.337 e. The van der Waals surface area contributed by atoms with E-state index >= 15 is 0 Å². The minimum atomic E-state index is -0.530. The second kappa shape index (κ2) is 12.1. The normalized spacial score (nSPS) is 15.0. The maximum atomic E-state index is 13.5. The molecule has 0 fully saturated rings. The number of aromatic nitrogens is 1. The summed E-state index contributed by atoms with van der Waals surface area (Å²) in [5.74, 6) is -0.00168. The zero-order valence-electron chi connectivity index (χ0n) is 22.1. The van der Waals surface area contributed by atoms with Gasteiger partial charge in [-0.2, -0.15) is 0 Å². The molecule has 0 bridgehead atoms. The molecule has 0 unspecified atom stereocenters. The number of carbonyl (C=O) groups is 1. The number of nitro groups is 1. The topological polar surface area (TPSA) is 122 Å². The number of carbonyl (C=O) groups excluding carboxylic acids is 1. The Hall–Kier alpha value is -4.25. The zero-order valence-corrected chi connectivity index (χ0v) is 22.9. The lowest BCUT2D eigenvalue weighted by atomic mass is 10.00. The largest absolute Gasteiger partial charge is 0.493 e. The van der Waals surface area contributed by atoms with Gasteiger partial charge >= 0.3 is 5.97 Å². The van der Waals surface area contributed by atoms with Crippen LogP contribution in [0.5, 0.6) is 11.5 Å². The monoisotopic (exact) mass is 551 g/mol. The number of hydrogen-bond acceptors (Lipinski definition) is 9. The Kier molecular flexibility index (Phi) is 8.60. The predicted octanol–water partition coefficient (Wildman–Crippen LogP) is 3.83. The van der Waals surface area contributed by atoms with Crippen LogP contribution < -0.4 is 24.4 Å². The van der Waals surface area contributed by atoms with Crippen molar-refractivity contribution in [2.75, 3.05) is 13.7 Å². The highest BCUT2D eigenvalue weighted by atomic mass is 32.1. The molecule has 11 heteroatoms. The molecule has 1 atom stereocenters. The lowest BCUT2D eigenvalue weighted by Crippen LogP contribution is -2.37. The number of nitrogens with zero attached hydrogens (tertiary/aromatic N) is 3. The predicted molar refractivity (Wildman–Crippen MR) is 148 cm³/mol. The van der Waals surface area contributed by atoms with Gasteiger partial charge in [0.25, 0.3) is 11.2 Å². The van der Waals surface area contributed by atoms with Crippen LogP contribution in [0.1, 0.15) is 44.7 Å². The molecule has 3 aromatic rings. The first kappa shape index (κ1) is 27.8. The summed E-state index contributed by atoms with van der Waals surface area (Å²) in [7, 11) is 1.44. The van der Waals surface area contributed by atoms with Crippen LogP contribution in [0, 0.1) is 10.1 Å². The van der Waals surface area contributed by atoms with Gasteiger partial charge in [-0.3, -0.25) is 19.5 Å². The van der Waals surface area contributed by atoms with Crippen molar-refractivity contribution < 1.29 is 23.9 Å². The molecule has 0 saturated heterocycles. The summed E-state index contributed by atoms with van der Waals surface area (Å²) in [6, 6.07) is 11.7. The highest BCUT2D eigenvalue weighted by molar-refractivity contribution is 7.07. The van der Waals surface area contributed by atoms with Gasteiger partial charge in [0.15, 0.2) is 16.3 Å². The standard InChI is InChI=1S/C28H29N3O7S/c1-5-10-20-25(27(33)37-6-2)17(3)30-26(32)24(39-28(30)29-20)14-19-13-22(36-4)23(15-21(19)31(34)35)38-16-18-11-8-7-9-12-18/h7-9,11-15,20H,5-6,10,16H2,1-4H3/b24-14-/t20-/m0/s1. The van der Waals surface area contributed by atoms with Crippen molar-refractivity contribution in [1.82, 2.24) is 4.57 Å². The van der Waals surface area contributed by atoms with Crippen molar-refractivity contribution in [2.45, 2.75) is 46.3 Å². The van der Waals surface area contributed by atoms with Gasteiger partial charge in [0, 0.05) is 5.70 Å². The molecular formula is C28H29N3O7S. The minimum Gasteiger partial charge on any atom is -0.493 e. The van der Waals surface area contributed by atoms with Gasteiger partial charge in [0.2, 0.25) is 0 Å². The Bertz CT molecular complexity index is 1610. The van der Waals surface area contributed by atoms with Crippen LogP contribution in [0.25, 0.3) is 11.8 Å². The number of esters is 1. The molecule has 1 aromatic heterocycles. The van der Waals surface area contributed by atoms with Crippen molar-refractivity contribution in [1.29, 1.82) is 0 Å². The smallest absolute Gasteiger partial charge is 0.337 e. The summed E-state index contributed by atoms with van der Waals surface area (Å²) in [4.78, 5) is 42.7. The Labute approximate surface area is 228 Å². The molecular weight excluding hydrogens is 522 g/mol. The van der Waals surface area contributed by atoms with Gasteiger partial charge in [-0.05, 0) is 38.0 Å². The van der Waals surface area contributed by atoms with Crippen LogP contribution >= 0.6 is 11.3 Å². The zero-order chi connectivity index (χ0) is 28.1. The summed E-state index contributed by atoms with van der Waals surface area (Å²) < 4.78 is 18.1. The average molecular weight is 552 g/mol. The van der Waals surface area contributed by atoms with E-state index in [-0.39, 0.29) is 40.5 Å². The number of thiazole rings is 1. The molecule has 39 heavy (non-hydrogen) atoms. The fourth-order valence-corrected chi connectivity index (χ4v) is 5.43. The molecule has 0 aliphatic carbocycles. The Morgan fingerprint density at radius 3 is 2.59 bits per heavy atom. The highest BCUT2D eigenvalue weighted by Crippen LogP contribution is 2.35. The number of fused-ring (bicyclic) bond motifs is 1. The molecule has 0 saturated carbocycles. The van der Waals surface area contributed by atoms with E-state index in [0.29, 0.717) is 22.5 Å². The van der Waals surface area contributed by atoms with E-state index < -0.39 is 22.5 Å². The first-order chi connectivity index (χ1) is 18.8. The third kappa shape index (κ3) is 5.78. The molecule has 1 aliphatic heterocycles. The lowest BCUT2D eigenvalue weighted by Gasteiger charge is -2.21. The van der Waals surface area contributed by atoms with Crippen LogP contribution in [0.2, 0.25) is 0 Å². The van der Waals surface area contributed by atoms with E-state index in [2.05, 4.69) is 4.99 Å². The fraction of sp³-hybridized carbons (Fsp3) is 0.321. The van der Waals surface area contributed by atoms with Crippen LogP contribution in [0.3, 0.4) is 0 Å². The van der Waals surface area contributed by atoms with Crippen LogP contribution in [0.15, 0.2) is 57.8 Å². The van der Waals surface area contributed by atoms with Crippen LogP contribution in [-0.4, -0.2) is 35.2 Å². The molecule has 0 amide bonds. The number of ether oxygens (including phenoxy) is 3. The third-order valence-electron chi connectivity index (χ3n) is 6.22. The fourth-order valence-electron chi connectivity index (χ4n) is 4.38. The molecule has 10 nitrogen and oxygen atoms in total. The van der Waals surface area contributed by atoms with Gasteiger partial charge < -0.3 is 14.2 Å². The number of rotatable bonds is 10. The Balaban J connectivity index is 1.82. The van der Waals surface area contributed by atoms with E-state index in [1.54, 1.807) is 13.8 Å². The van der Waals surface area contributed by atoms with Gasteiger partial charge in [-0.25, -0.2) is 9.79 Å².